The predicted octanol–water partition coefficient (Wildman–Crippen LogP) is 15.1. The summed E-state index contributed by atoms with van der Waals surface area (Å²) in [7, 11) is 0. The number of fused-ring (bicyclic) bond motifs is 10. The highest BCUT2D eigenvalue weighted by Gasteiger charge is 2.26. The van der Waals surface area contributed by atoms with Crippen molar-refractivity contribution >= 4 is 78.2 Å². The smallest absolute Gasteiger partial charge is 0.160 e. The second kappa shape index (κ2) is 15.5. The number of allylic oxidation sites excluding steroid dienone is 2. The summed E-state index contributed by atoms with van der Waals surface area (Å²) in [5.41, 5.74) is 17.7. The van der Waals surface area contributed by atoms with Gasteiger partial charge in [-0.3, -0.25) is 0 Å². The van der Waals surface area contributed by atoms with Crippen molar-refractivity contribution in [3.8, 4) is 22.5 Å². The molecule has 11 aromatic rings. The molecular weight excluding hydrogens is 827 g/mol. The highest BCUT2D eigenvalue weighted by Crippen LogP contribution is 2.41. The normalized spacial score (nSPS) is 15.4. The van der Waals surface area contributed by atoms with Gasteiger partial charge >= 0.3 is 0 Å². The Hall–Kier alpha value is -8.54. The summed E-state index contributed by atoms with van der Waals surface area (Å²) in [6.07, 6.45) is 13.0. The third-order valence-electron chi connectivity index (χ3n) is 14.5. The molecule has 14 rings (SSSR count). The van der Waals surface area contributed by atoms with Crippen molar-refractivity contribution in [3.05, 3.63) is 239 Å². The number of aromatic nitrogens is 2. The second-order valence-corrected chi connectivity index (χ2v) is 18.4. The summed E-state index contributed by atoms with van der Waals surface area (Å²) < 4.78 is 4.92. The molecular formula is C63H45N5. The standard InChI is InChI=1S/C63H45N5/c1-2-16-40(17-3-1)48-26-10-11-28-51(48)62-64-61(65-63(66-62)52-30-15-22-41-18-6-8-25-49(41)52)45-23-14-24-46(36-45)68-57-35-33-47(39-55(57)54-37-43-20-4-5-21-44(43)38-59(54)68)67-56-31-13-12-29-53(56)60-50-27-9-7-19-42(50)32-34-58(60)67/h1-5,8-17,20-39,61H,6-7,18-19H2,(H,64,65,66). The summed E-state index contributed by atoms with van der Waals surface area (Å²) in [5, 5.41) is 11.3. The van der Waals surface area contributed by atoms with Gasteiger partial charge in [-0.05, 0) is 130 Å². The Balaban J connectivity index is 0.950. The van der Waals surface area contributed by atoms with Crippen molar-refractivity contribution in [1.29, 1.82) is 0 Å². The highest BCUT2D eigenvalue weighted by molar-refractivity contribution is 6.18. The monoisotopic (exact) mass is 871 g/mol. The maximum absolute atomic E-state index is 5.48. The maximum Gasteiger partial charge on any atom is 0.160 e. The molecule has 1 N–H and O–H groups in total. The number of rotatable bonds is 6. The van der Waals surface area contributed by atoms with E-state index in [0.717, 1.165) is 87.6 Å². The molecule has 0 fully saturated rings. The molecule has 1 aliphatic heterocycles. The fourth-order valence-corrected chi connectivity index (χ4v) is 11.3. The molecule has 0 amide bonds. The zero-order valence-electron chi connectivity index (χ0n) is 37.4. The molecule has 2 aromatic heterocycles. The van der Waals surface area contributed by atoms with Crippen LogP contribution in [0.1, 0.15) is 58.0 Å². The van der Waals surface area contributed by atoms with E-state index in [9.17, 15) is 0 Å². The van der Waals surface area contributed by atoms with Crippen LogP contribution < -0.4 is 5.32 Å². The molecule has 5 nitrogen and oxygen atoms in total. The molecule has 322 valence electrons. The van der Waals surface area contributed by atoms with E-state index in [0.29, 0.717) is 0 Å². The van der Waals surface area contributed by atoms with Crippen LogP contribution in [0, 0.1) is 0 Å². The van der Waals surface area contributed by atoms with E-state index in [4.69, 9.17) is 9.98 Å². The molecule has 0 spiro atoms. The zero-order valence-corrected chi connectivity index (χ0v) is 37.4. The molecule has 9 aromatic carbocycles. The second-order valence-electron chi connectivity index (χ2n) is 18.4. The molecule has 0 bridgehead atoms. The largest absolute Gasteiger partial charge is 0.344 e. The van der Waals surface area contributed by atoms with Crippen LogP contribution in [0.5, 0.6) is 0 Å². The van der Waals surface area contributed by atoms with Crippen LogP contribution in [0.4, 0.5) is 0 Å². The highest BCUT2D eigenvalue weighted by atomic mass is 15.2. The summed E-state index contributed by atoms with van der Waals surface area (Å²) in [5.74, 6) is 1.54. The van der Waals surface area contributed by atoms with Crippen molar-refractivity contribution in [1.82, 2.24) is 14.5 Å². The van der Waals surface area contributed by atoms with E-state index in [1.165, 1.54) is 65.6 Å². The maximum atomic E-state index is 5.48. The van der Waals surface area contributed by atoms with Crippen molar-refractivity contribution in [2.24, 2.45) is 9.98 Å². The number of aryl methyl sites for hydroxylation is 2. The Morgan fingerprint density at radius 2 is 1.12 bits per heavy atom. The van der Waals surface area contributed by atoms with Gasteiger partial charge in [0.05, 0.1) is 22.1 Å². The number of para-hydroxylation sites is 1. The first-order valence-electron chi connectivity index (χ1n) is 23.9. The minimum atomic E-state index is -0.402. The molecule has 3 heterocycles. The van der Waals surface area contributed by atoms with E-state index in [1.807, 2.05) is 0 Å². The van der Waals surface area contributed by atoms with Gasteiger partial charge in [0.15, 0.2) is 5.84 Å². The lowest BCUT2D eigenvalue weighted by Crippen LogP contribution is -2.34. The summed E-state index contributed by atoms with van der Waals surface area (Å²) in [4.78, 5) is 10.9. The van der Waals surface area contributed by atoms with Crippen LogP contribution in [-0.2, 0) is 12.8 Å². The van der Waals surface area contributed by atoms with Gasteiger partial charge in [-0.25, -0.2) is 9.98 Å². The first-order valence-corrected chi connectivity index (χ1v) is 23.9. The Morgan fingerprint density at radius 3 is 2.00 bits per heavy atom. The van der Waals surface area contributed by atoms with Crippen LogP contribution in [0.2, 0.25) is 0 Å². The SMILES string of the molecule is C1=Cc2c(cccc2C2=NC(c3cccc(-n4c5ccc(-n6c7ccccc7c7c8c(ccc76)CCC=C8)cc5c5cc6ccccc6cc54)c3)NC(c3ccccc3-c3ccccc3)=N2)CC1. The average molecular weight is 872 g/mol. The summed E-state index contributed by atoms with van der Waals surface area (Å²) in [6.45, 7) is 0. The van der Waals surface area contributed by atoms with E-state index in [-0.39, 0.29) is 0 Å². The number of aliphatic imine (C=N–C) groups is 2. The van der Waals surface area contributed by atoms with Gasteiger partial charge in [0, 0.05) is 44.0 Å². The minimum Gasteiger partial charge on any atom is -0.344 e. The van der Waals surface area contributed by atoms with Crippen LogP contribution in [0.15, 0.2) is 210 Å². The Morgan fingerprint density at radius 1 is 0.456 bits per heavy atom. The molecule has 0 radical (unpaired) electrons. The third kappa shape index (κ3) is 6.16. The molecule has 1 atom stereocenters. The lowest BCUT2D eigenvalue weighted by Gasteiger charge is -2.26. The van der Waals surface area contributed by atoms with Gasteiger partial charge in [-0.15, -0.1) is 0 Å². The van der Waals surface area contributed by atoms with Crippen LogP contribution in [0.3, 0.4) is 0 Å². The molecule has 68 heavy (non-hydrogen) atoms. The number of nitrogens with one attached hydrogen (secondary N) is 1. The number of benzene rings is 9. The van der Waals surface area contributed by atoms with Crippen molar-refractivity contribution in [2.45, 2.75) is 31.8 Å². The van der Waals surface area contributed by atoms with Gasteiger partial charge < -0.3 is 14.5 Å². The first kappa shape index (κ1) is 38.7. The number of hydrogen-bond acceptors (Lipinski definition) is 3. The van der Waals surface area contributed by atoms with Crippen molar-refractivity contribution in [3.63, 3.8) is 0 Å². The van der Waals surface area contributed by atoms with E-state index in [1.54, 1.807) is 0 Å². The Labute approximate surface area is 394 Å². The fraction of sp³-hybridized carbons (Fsp3) is 0.0794. The molecule has 1 unspecified atom stereocenters. The summed E-state index contributed by atoms with van der Waals surface area (Å²) in [6, 6.07) is 68.8. The third-order valence-corrected chi connectivity index (χ3v) is 14.5. The van der Waals surface area contributed by atoms with E-state index < -0.39 is 6.17 Å². The van der Waals surface area contributed by atoms with Crippen LogP contribution in [-0.4, -0.2) is 20.8 Å². The molecule has 0 saturated carbocycles. The number of amidine groups is 2. The van der Waals surface area contributed by atoms with E-state index >= 15 is 0 Å². The van der Waals surface area contributed by atoms with Crippen molar-refractivity contribution in [2.75, 3.05) is 0 Å². The summed E-state index contributed by atoms with van der Waals surface area (Å²) >= 11 is 0. The first-order chi connectivity index (χ1) is 33.7. The predicted molar refractivity (Wildman–Crippen MR) is 285 cm³/mol. The molecule has 0 saturated heterocycles. The van der Waals surface area contributed by atoms with Gasteiger partial charge in [-0.1, -0.05) is 158 Å². The van der Waals surface area contributed by atoms with Gasteiger partial charge in [-0.2, -0.15) is 0 Å². The molecule has 5 heteroatoms. The average Bonchev–Trinajstić information content (AvgIpc) is 3.92. The lowest BCUT2D eigenvalue weighted by molar-refractivity contribution is 0.674. The fourth-order valence-electron chi connectivity index (χ4n) is 11.3. The van der Waals surface area contributed by atoms with E-state index in [2.05, 4.69) is 227 Å². The number of nitrogens with zero attached hydrogens (tertiary/aromatic N) is 4. The Bertz CT molecular complexity index is 4010. The Kier molecular flexibility index (Phi) is 8.84. The van der Waals surface area contributed by atoms with Gasteiger partial charge in [0.2, 0.25) is 0 Å². The quantitative estimate of drug-likeness (QED) is 0.178. The van der Waals surface area contributed by atoms with Crippen LogP contribution in [0.25, 0.3) is 89.0 Å². The number of hydrogen-bond donors (Lipinski definition) is 1. The minimum absolute atomic E-state index is 0.402. The van der Waals surface area contributed by atoms with Gasteiger partial charge in [0.1, 0.15) is 12.0 Å². The molecule has 2 aliphatic carbocycles. The topological polar surface area (TPSA) is 46.6 Å². The van der Waals surface area contributed by atoms with Crippen molar-refractivity contribution < 1.29 is 0 Å². The van der Waals surface area contributed by atoms with Crippen LogP contribution >= 0.6 is 0 Å². The van der Waals surface area contributed by atoms with Gasteiger partial charge in [0.25, 0.3) is 0 Å². The zero-order chi connectivity index (χ0) is 44.7. The molecule has 3 aliphatic rings. The lowest BCUT2D eigenvalue weighted by atomic mass is 9.92.